The molecule has 1 aromatic heterocycles. The summed E-state index contributed by atoms with van der Waals surface area (Å²) in [6, 6.07) is 1.71. The summed E-state index contributed by atoms with van der Waals surface area (Å²) in [5, 5.41) is 2.97. The number of aromatic nitrogens is 1. The van der Waals surface area contributed by atoms with Crippen LogP contribution in [-0.2, 0) is 11.3 Å². The fourth-order valence-electron chi connectivity index (χ4n) is 1.86. The van der Waals surface area contributed by atoms with E-state index in [9.17, 15) is 4.79 Å². The van der Waals surface area contributed by atoms with E-state index in [0.717, 1.165) is 13.0 Å². The molecule has 3 N–H and O–H groups in total. The van der Waals surface area contributed by atoms with E-state index in [1.807, 2.05) is 11.5 Å². The molecule has 0 saturated carbocycles. The lowest BCUT2D eigenvalue weighted by molar-refractivity contribution is 0.0912. The Morgan fingerprint density at radius 1 is 1.53 bits per heavy atom. The second-order valence-corrected chi connectivity index (χ2v) is 5.53. The van der Waals surface area contributed by atoms with Gasteiger partial charge in [0, 0.05) is 33.0 Å². The van der Waals surface area contributed by atoms with Crippen molar-refractivity contribution < 1.29 is 9.53 Å². The van der Waals surface area contributed by atoms with E-state index in [1.165, 1.54) is 0 Å². The summed E-state index contributed by atoms with van der Waals surface area (Å²) < 4.78 is 6.93. The molecule has 0 radical (unpaired) electrons. The molecular weight excluding hydrogens is 242 g/mol. The highest BCUT2D eigenvalue weighted by atomic mass is 16.5. The molecule has 108 valence electrons. The lowest BCUT2D eigenvalue weighted by Gasteiger charge is -2.24. The van der Waals surface area contributed by atoms with Gasteiger partial charge in [0.15, 0.2) is 0 Å². The number of nitrogens with one attached hydrogen (secondary N) is 1. The number of aryl methyl sites for hydroxylation is 1. The minimum atomic E-state index is -0.0796. The molecule has 1 amide bonds. The number of rotatable bonds is 7. The summed E-state index contributed by atoms with van der Waals surface area (Å²) in [4.78, 5) is 12.1. The van der Waals surface area contributed by atoms with Crippen molar-refractivity contribution in [1.29, 1.82) is 0 Å². The smallest absolute Gasteiger partial charge is 0.268 e. The highest BCUT2D eigenvalue weighted by molar-refractivity contribution is 5.93. The van der Waals surface area contributed by atoms with Crippen LogP contribution in [0, 0.1) is 5.41 Å². The monoisotopic (exact) mass is 267 g/mol. The molecular formula is C14H25N3O2. The van der Waals surface area contributed by atoms with Crippen molar-refractivity contribution in [2.45, 2.75) is 33.7 Å². The Morgan fingerprint density at radius 2 is 2.21 bits per heavy atom. The molecule has 0 atom stereocenters. The van der Waals surface area contributed by atoms with Gasteiger partial charge in [0.1, 0.15) is 5.69 Å². The third-order valence-corrected chi connectivity index (χ3v) is 3.20. The Bertz CT molecular complexity index is 424. The third-order valence-electron chi connectivity index (χ3n) is 3.20. The molecule has 0 saturated heterocycles. The van der Waals surface area contributed by atoms with Crippen molar-refractivity contribution in [1.82, 2.24) is 9.88 Å². The van der Waals surface area contributed by atoms with Crippen LogP contribution in [0.25, 0.3) is 0 Å². The minimum Gasteiger partial charge on any atom is -0.397 e. The number of carbonyl (C=O) groups excluding carboxylic acids is 1. The fraction of sp³-hybridized carbons (Fsp3) is 0.643. The molecule has 19 heavy (non-hydrogen) atoms. The third kappa shape index (κ3) is 4.59. The Morgan fingerprint density at radius 3 is 2.79 bits per heavy atom. The zero-order valence-electron chi connectivity index (χ0n) is 12.3. The van der Waals surface area contributed by atoms with Crippen molar-refractivity contribution in [2.24, 2.45) is 5.41 Å². The van der Waals surface area contributed by atoms with E-state index in [2.05, 4.69) is 19.2 Å². The molecule has 0 aliphatic rings. The second kappa shape index (κ2) is 6.61. The van der Waals surface area contributed by atoms with Crippen molar-refractivity contribution in [3.63, 3.8) is 0 Å². The zero-order chi connectivity index (χ0) is 14.5. The topological polar surface area (TPSA) is 69.3 Å². The molecule has 1 rings (SSSR count). The molecule has 0 aromatic carbocycles. The molecule has 0 spiro atoms. The second-order valence-electron chi connectivity index (χ2n) is 5.53. The van der Waals surface area contributed by atoms with E-state index in [1.54, 1.807) is 19.4 Å². The van der Waals surface area contributed by atoms with Crippen LogP contribution in [-0.4, -0.2) is 30.7 Å². The Hall–Kier alpha value is -1.49. The zero-order valence-corrected chi connectivity index (χ0v) is 12.3. The maximum Gasteiger partial charge on any atom is 0.268 e. The average molecular weight is 267 g/mol. The molecule has 0 fully saturated rings. The van der Waals surface area contributed by atoms with Crippen LogP contribution in [0.5, 0.6) is 0 Å². The van der Waals surface area contributed by atoms with Gasteiger partial charge in [-0.15, -0.1) is 0 Å². The molecule has 5 heteroatoms. The lowest BCUT2D eigenvalue weighted by atomic mass is 9.89. The van der Waals surface area contributed by atoms with Crippen LogP contribution >= 0.6 is 0 Å². The van der Waals surface area contributed by atoms with E-state index < -0.39 is 0 Å². The molecule has 5 nitrogen and oxygen atoms in total. The maximum atomic E-state index is 12.1. The van der Waals surface area contributed by atoms with E-state index in [0.29, 0.717) is 24.5 Å². The van der Waals surface area contributed by atoms with Crippen molar-refractivity contribution in [3.8, 4) is 0 Å². The number of nitrogens with two attached hydrogens (primary N) is 1. The van der Waals surface area contributed by atoms with E-state index in [-0.39, 0.29) is 11.3 Å². The number of amides is 1. The van der Waals surface area contributed by atoms with E-state index >= 15 is 0 Å². The van der Waals surface area contributed by atoms with Gasteiger partial charge in [-0.05, 0) is 24.8 Å². The number of ether oxygens (including phenoxy) is 1. The number of methoxy groups -OCH3 is 1. The first kappa shape index (κ1) is 15.6. The molecule has 0 aliphatic heterocycles. The van der Waals surface area contributed by atoms with Crippen molar-refractivity contribution in [3.05, 3.63) is 18.0 Å². The van der Waals surface area contributed by atoms with E-state index in [4.69, 9.17) is 10.5 Å². The van der Waals surface area contributed by atoms with Crippen molar-refractivity contribution >= 4 is 11.6 Å². The summed E-state index contributed by atoms with van der Waals surface area (Å²) >= 11 is 0. The molecule has 1 aromatic rings. The highest BCUT2D eigenvalue weighted by Gasteiger charge is 2.20. The average Bonchev–Trinajstić information content (AvgIpc) is 2.75. The van der Waals surface area contributed by atoms with Crippen molar-refractivity contribution in [2.75, 3.05) is 26.0 Å². The van der Waals surface area contributed by atoms with Gasteiger partial charge in [-0.25, -0.2) is 0 Å². The summed E-state index contributed by atoms with van der Waals surface area (Å²) in [6.45, 7) is 8.25. The standard InChI is InChI=1S/C14H25N3O2/c1-5-17-9-11(15)8-12(17)13(18)16-10-14(2,3)6-7-19-4/h8-9H,5-7,10,15H2,1-4H3,(H,16,18). The van der Waals surface area contributed by atoms with Gasteiger partial charge in [0.05, 0.1) is 5.69 Å². The SMILES string of the molecule is CCn1cc(N)cc1C(=O)NCC(C)(C)CCOC. The number of hydrogen-bond donors (Lipinski definition) is 2. The quantitative estimate of drug-likeness (QED) is 0.792. The van der Waals surface area contributed by atoms with Gasteiger partial charge in [-0.3, -0.25) is 4.79 Å². The van der Waals surface area contributed by atoms with Crippen LogP contribution in [0.2, 0.25) is 0 Å². The summed E-state index contributed by atoms with van der Waals surface area (Å²) in [7, 11) is 1.69. The van der Waals surface area contributed by atoms with Crippen LogP contribution in [0.3, 0.4) is 0 Å². The molecule has 0 bridgehead atoms. The molecule has 0 aliphatic carbocycles. The number of carbonyl (C=O) groups is 1. The first-order chi connectivity index (χ1) is 8.89. The number of nitrogens with zero attached hydrogens (tertiary/aromatic N) is 1. The number of anilines is 1. The highest BCUT2D eigenvalue weighted by Crippen LogP contribution is 2.19. The van der Waals surface area contributed by atoms with Crippen LogP contribution < -0.4 is 11.1 Å². The van der Waals surface area contributed by atoms with Gasteiger partial charge in [0.2, 0.25) is 0 Å². The first-order valence-corrected chi connectivity index (χ1v) is 6.62. The van der Waals surface area contributed by atoms with Crippen LogP contribution in [0.4, 0.5) is 5.69 Å². The lowest BCUT2D eigenvalue weighted by Crippen LogP contribution is -2.35. The number of hydrogen-bond acceptors (Lipinski definition) is 3. The minimum absolute atomic E-state index is 0.0147. The van der Waals surface area contributed by atoms with Gasteiger partial charge in [0.25, 0.3) is 5.91 Å². The Balaban J connectivity index is 2.60. The predicted octanol–water partition coefficient (Wildman–Crippen LogP) is 1.88. The summed E-state index contributed by atoms with van der Waals surface area (Å²) in [5.74, 6) is -0.0796. The fourth-order valence-corrected chi connectivity index (χ4v) is 1.86. The predicted molar refractivity (Wildman–Crippen MR) is 77.1 cm³/mol. The Kier molecular flexibility index (Phi) is 5.42. The summed E-state index contributed by atoms with van der Waals surface area (Å²) in [6.07, 6.45) is 2.69. The first-order valence-electron chi connectivity index (χ1n) is 6.62. The van der Waals surface area contributed by atoms with Gasteiger partial charge in [-0.1, -0.05) is 13.8 Å². The molecule has 1 heterocycles. The normalized spacial score (nSPS) is 11.6. The molecule has 0 unspecified atom stereocenters. The van der Waals surface area contributed by atoms with Gasteiger partial charge >= 0.3 is 0 Å². The maximum absolute atomic E-state index is 12.1. The van der Waals surface area contributed by atoms with Crippen LogP contribution in [0.1, 0.15) is 37.7 Å². The van der Waals surface area contributed by atoms with Crippen LogP contribution in [0.15, 0.2) is 12.3 Å². The van der Waals surface area contributed by atoms with Gasteiger partial charge in [-0.2, -0.15) is 0 Å². The Labute approximate surface area is 115 Å². The van der Waals surface area contributed by atoms with Gasteiger partial charge < -0.3 is 20.4 Å². The summed E-state index contributed by atoms with van der Waals surface area (Å²) in [5.41, 5.74) is 6.97. The number of nitrogen functional groups attached to an aromatic ring is 1. The largest absolute Gasteiger partial charge is 0.397 e.